The third kappa shape index (κ3) is 1.98. The SMILES string of the molecule is Brc1ccc2c(c1)NC(c1c[nH]c3ccc(Br)cc13)C2. The van der Waals surface area contributed by atoms with Gasteiger partial charge in [-0.15, -0.1) is 0 Å². The third-order valence-electron chi connectivity index (χ3n) is 3.88. The first-order valence-corrected chi connectivity index (χ1v) is 8.11. The minimum atomic E-state index is 0.336. The summed E-state index contributed by atoms with van der Waals surface area (Å²) >= 11 is 7.09. The van der Waals surface area contributed by atoms with Crippen molar-refractivity contribution in [2.24, 2.45) is 0 Å². The van der Waals surface area contributed by atoms with Crippen molar-refractivity contribution in [1.29, 1.82) is 0 Å². The fraction of sp³-hybridized carbons (Fsp3) is 0.125. The number of halogens is 2. The molecule has 1 unspecified atom stereocenters. The highest BCUT2D eigenvalue weighted by atomic mass is 79.9. The van der Waals surface area contributed by atoms with Gasteiger partial charge in [0, 0.05) is 31.7 Å². The monoisotopic (exact) mass is 390 g/mol. The summed E-state index contributed by atoms with van der Waals surface area (Å²) in [6.07, 6.45) is 3.15. The lowest BCUT2D eigenvalue weighted by molar-refractivity contribution is 0.832. The molecule has 0 radical (unpaired) electrons. The molecule has 0 bridgehead atoms. The van der Waals surface area contributed by atoms with Gasteiger partial charge in [-0.3, -0.25) is 0 Å². The summed E-state index contributed by atoms with van der Waals surface area (Å²) in [5.41, 5.74) is 5.12. The number of aromatic amines is 1. The Labute approximate surface area is 133 Å². The van der Waals surface area contributed by atoms with Crippen LogP contribution in [0.25, 0.3) is 10.9 Å². The fourth-order valence-electron chi connectivity index (χ4n) is 2.91. The molecule has 3 aromatic rings. The van der Waals surface area contributed by atoms with E-state index in [1.54, 1.807) is 0 Å². The second kappa shape index (κ2) is 4.64. The first-order chi connectivity index (χ1) is 9.70. The topological polar surface area (TPSA) is 27.8 Å². The van der Waals surface area contributed by atoms with Gasteiger partial charge in [-0.05, 0) is 47.9 Å². The normalized spacial score (nSPS) is 17.2. The van der Waals surface area contributed by atoms with E-state index in [4.69, 9.17) is 0 Å². The van der Waals surface area contributed by atoms with Gasteiger partial charge in [0.2, 0.25) is 0 Å². The average Bonchev–Trinajstić information content (AvgIpc) is 3.00. The van der Waals surface area contributed by atoms with Crippen LogP contribution in [-0.2, 0) is 6.42 Å². The number of fused-ring (bicyclic) bond motifs is 2. The van der Waals surface area contributed by atoms with E-state index < -0.39 is 0 Å². The molecule has 2 N–H and O–H groups in total. The maximum Gasteiger partial charge on any atom is 0.0576 e. The van der Waals surface area contributed by atoms with E-state index in [0.717, 1.165) is 15.4 Å². The molecule has 4 heteroatoms. The van der Waals surface area contributed by atoms with E-state index in [0.29, 0.717) is 6.04 Å². The van der Waals surface area contributed by atoms with Crippen LogP contribution in [0.3, 0.4) is 0 Å². The second-order valence-electron chi connectivity index (χ2n) is 5.14. The standard InChI is InChI=1S/C16H12Br2N2/c17-10-3-4-14-12(6-10)13(8-19-14)16-5-9-1-2-11(18)7-15(9)20-16/h1-4,6-8,16,19-20H,5H2. The Morgan fingerprint density at radius 1 is 1.00 bits per heavy atom. The summed E-state index contributed by atoms with van der Waals surface area (Å²) in [5, 5.41) is 4.91. The highest BCUT2D eigenvalue weighted by molar-refractivity contribution is 9.10. The number of aromatic nitrogens is 1. The van der Waals surface area contributed by atoms with Gasteiger partial charge in [0.15, 0.2) is 0 Å². The molecule has 0 fully saturated rings. The maximum absolute atomic E-state index is 3.62. The second-order valence-corrected chi connectivity index (χ2v) is 6.97. The largest absolute Gasteiger partial charge is 0.378 e. The lowest BCUT2D eigenvalue weighted by atomic mass is 10.0. The highest BCUT2D eigenvalue weighted by Crippen LogP contribution is 2.38. The molecule has 1 aliphatic heterocycles. The molecule has 100 valence electrons. The minimum Gasteiger partial charge on any atom is -0.378 e. The first-order valence-electron chi connectivity index (χ1n) is 6.52. The van der Waals surface area contributed by atoms with Crippen molar-refractivity contribution < 1.29 is 0 Å². The van der Waals surface area contributed by atoms with Crippen LogP contribution in [0.2, 0.25) is 0 Å². The molecule has 0 saturated carbocycles. The number of rotatable bonds is 1. The number of hydrogen-bond acceptors (Lipinski definition) is 1. The van der Waals surface area contributed by atoms with Crippen LogP contribution in [0.1, 0.15) is 17.2 Å². The summed E-state index contributed by atoms with van der Waals surface area (Å²) in [7, 11) is 0. The van der Waals surface area contributed by atoms with E-state index in [-0.39, 0.29) is 0 Å². The molecule has 0 saturated heterocycles. The van der Waals surface area contributed by atoms with Crippen molar-refractivity contribution in [2.45, 2.75) is 12.5 Å². The number of H-pyrrole nitrogens is 1. The molecule has 0 amide bonds. The predicted octanol–water partition coefficient (Wildman–Crippen LogP) is 5.40. The summed E-state index contributed by atoms with van der Waals surface area (Å²) in [6, 6.07) is 13.1. The molecule has 1 aliphatic rings. The van der Waals surface area contributed by atoms with Crippen LogP contribution in [-0.4, -0.2) is 4.98 Å². The zero-order valence-electron chi connectivity index (χ0n) is 10.6. The minimum absolute atomic E-state index is 0.336. The van der Waals surface area contributed by atoms with E-state index in [2.05, 4.69) is 84.8 Å². The third-order valence-corrected chi connectivity index (χ3v) is 4.86. The Kier molecular flexibility index (Phi) is 2.89. The van der Waals surface area contributed by atoms with Gasteiger partial charge in [-0.1, -0.05) is 37.9 Å². The van der Waals surface area contributed by atoms with Gasteiger partial charge in [0.05, 0.1) is 6.04 Å². The van der Waals surface area contributed by atoms with Crippen molar-refractivity contribution in [1.82, 2.24) is 4.98 Å². The van der Waals surface area contributed by atoms with Gasteiger partial charge >= 0.3 is 0 Å². The van der Waals surface area contributed by atoms with E-state index in [1.807, 2.05) is 0 Å². The van der Waals surface area contributed by atoms with Crippen LogP contribution in [0.4, 0.5) is 5.69 Å². The molecule has 4 rings (SSSR count). The van der Waals surface area contributed by atoms with E-state index in [1.165, 1.54) is 27.7 Å². The Morgan fingerprint density at radius 2 is 1.80 bits per heavy atom. The first kappa shape index (κ1) is 12.5. The fourth-order valence-corrected chi connectivity index (χ4v) is 3.63. The Balaban J connectivity index is 1.77. The van der Waals surface area contributed by atoms with Crippen LogP contribution >= 0.6 is 31.9 Å². The zero-order valence-corrected chi connectivity index (χ0v) is 13.8. The van der Waals surface area contributed by atoms with Gasteiger partial charge in [-0.25, -0.2) is 0 Å². The molecule has 2 heterocycles. The molecule has 1 atom stereocenters. The van der Waals surface area contributed by atoms with Crippen LogP contribution in [0.15, 0.2) is 51.5 Å². The zero-order chi connectivity index (χ0) is 13.7. The lowest BCUT2D eigenvalue weighted by Crippen LogP contribution is -2.04. The molecular formula is C16H12Br2N2. The number of anilines is 1. The molecule has 20 heavy (non-hydrogen) atoms. The van der Waals surface area contributed by atoms with Gasteiger partial charge in [-0.2, -0.15) is 0 Å². The molecule has 0 aliphatic carbocycles. The van der Waals surface area contributed by atoms with Crippen molar-refractivity contribution in [3.63, 3.8) is 0 Å². The predicted molar refractivity (Wildman–Crippen MR) is 90.2 cm³/mol. The van der Waals surface area contributed by atoms with E-state index in [9.17, 15) is 0 Å². The smallest absolute Gasteiger partial charge is 0.0576 e. The molecule has 1 aromatic heterocycles. The maximum atomic E-state index is 3.62. The van der Waals surface area contributed by atoms with Crippen LogP contribution < -0.4 is 5.32 Å². The Hall–Kier alpha value is -1.26. The van der Waals surface area contributed by atoms with Gasteiger partial charge in [0.1, 0.15) is 0 Å². The number of benzene rings is 2. The van der Waals surface area contributed by atoms with Crippen molar-refractivity contribution >= 4 is 48.5 Å². The highest BCUT2D eigenvalue weighted by Gasteiger charge is 2.24. The molecule has 2 aromatic carbocycles. The Morgan fingerprint density at radius 3 is 2.70 bits per heavy atom. The summed E-state index contributed by atoms with van der Waals surface area (Å²) < 4.78 is 2.23. The lowest BCUT2D eigenvalue weighted by Gasteiger charge is -2.10. The number of hydrogen-bond donors (Lipinski definition) is 2. The summed E-state index contributed by atoms with van der Waals surface area (Å²) in [5.74, 6) is 0. The van der Waals surface area contributed by atoms with Crippen molar-refractivity contribution in [2.75, 3.05) is 5.32 Å². The van der Waals surface area contributed by atoms with Gasteiger partial charge in [0.25, 0.3) is 0 Å². The summed E-state index contributed by atoms with van der Waals surface area (Å²) in [4.78, 5) is 3.36. The summed E-state index contributed by atoms with van der Waals surface area (Å²) in [6.45, 7) is 0. The van der Waals surface area contributed by atoms with Gasteiger partial charge < -0.3 is 10.3 Å². The van der Waals surface area contributed by atoms with Crippen molar-refractivity contribution in [3.8, 4) is 0 Å². The average molecular weight is 392 g/mol. The van der Waals surface area contributed by atoms with Crippen LogP contribution in [0.5, 0.6) is 0 Å². The van der Waals surface area contributed by atoms with E-state index >= 15 is 0 Å². The molecule has 2 nitrogen and oxygen atoms in total. The molecular weight excluding hydrogens is 380 g/mol. The van der Waals surface area contributed by atoms with Crippen LogP contribution in [0, 0.1) is 0 Å². The Bertz CT molecular complexity index is 807. The molecule has 0 spiro atoms. The van der Waals surface area contributed by atoms with Crippen molar-refractivity contribution in [3.05, 3.63) is 62.7 Å². The quantitative estimate of drug-likeness (QED) is 0.570. The number of nitrogens with one attached hydrogen (secondary N) is 2.